The number of hydrogen-bond donors (Lipinski definition) is 3. The molecule has 0 aliphatic rings. The van der Waals surface area contributed by atoms with Gasteiger partial charge in [-0.3, -0.25) is 0 Å². The van der Waals surface area contributed by atoms with Crippen molar-refractivity contribution in [1.29, 1.82) is 0 Å². The van der Waals surface area contributed by atoms with Gasteiger partial charge in [0.25, 0.3) is 0 Å². The molecule has 0 aromatic heterocycles. The van der Waals surface area contributed by atoms with Crippen LogP contribution in [0.15, 0.2) is 12.2 Å². The lowest BCUT2D eigenvalue weighted by molar-refractivity contribution is -0.134. The Morgan fingerprint density at radius 1 is 1.27 bits per heavy atom. The Bertz CT molecular complexity index is 137. The van der Waals surface area contributed by atoms with E-state index in [0.717, 1.165) is 6.54 Å². The van der Waals surface area contributed by atoms with Gasteiger partial charge in [0.15, 0.2) is 0 Å². The molecule has 5 nitrogen and oxygen atoms in total. The standard InChI is InChI=1S/C4H4O4.C2H7N/c5-3(6)1-2-4(7)8;1-2-3/h1-2H,(H,5,6)(H,7,8);2-3H2,1H3/b2-1+;. The molecule has 0 unspecified atom stereocenters. The van der Waals surface area contributed by atoms with E-state index in [9.17, 15) is 9.59 Å². The minimum absolute atomic E-state index is 0.558. The fraction of sp³-hybridized carbons (Fsp3) is 0.333. The molecule has 0 spiro atoms. The summed E-state index contributed by atoms with van der Waals surface area (Å²) < 4.78 is 0. The summed E-state index contributed by atoms with van der Waals surface area (Å²) in [6.07, 6.45) is 1.12. The van der Waals surface area contributed by atoms with Gasteiger partial charge in [0, 0.05) is 12.2 Å². The van der Waals surface area contributed by atoms with Gasteiger partial charge in [0.2, 0.25) is 0 Å². The molecule has 0 saturated carbocycles. The average Bonchev–Trinajstić information content (AvgIpc) is 1.85. The highest BCUT2D eigenvalue weighted by molar-refractivity contribution is 5.89. The molecule has 11 heavy (non-hydrogen) atoms. The number of hydrogen-bond acceptors (Lipinski definition) is 3. The molecule has 0 amide bonds. The van der Waals surface area contributed by atoms with Crippen molar-refractivity contribution in [2.24, 2.45) is 5.73 Å². The van der Waals surface area contributed by atoms with Crippen molar-refractivity contribution in [1.82, 2.24) is 0 Å². The van der Waals surface area contributed by atoms with Crippen molar-refractivity contribution >= 4 is 11.9 Å². The molecule has 0 saturated heterocycles. The number of carbonyl (C=O) groups is 2. The van der Waals surface area contributed by atoms with Gasteiger partial charge >= 0.3 is 11.9 Å². The molecular formula is C6H11NO4. The molecule has 0 bridgehead atoms. The molecule has 0 aromatic rings. The fourth-order valence-corrected chi connectivity index (χ4v) is 0.143. The van der Waals surface area contributed by atoms with E-state index in [4.69, 9.17) is 15.9 Å². The van der Waals surface area contributed by atoms with Gasteiger partial charge in [-0.25, -0.2) is 9.59 Å². The van der Waals surface area contributed by atoms with Crippen molar-refractivity contribution in [3.05, 3.63) is 12.2 Å². The van der Waals surface area contributed by atoms with E-state index in [-0.39, 0.29) is 0 Å². The first-order valence-electron chi connectivity index (χ1n) is 2.88. The second-order valence-corrected chi connectivity index (χ2v) is 1.42. The third-order valence-corrected chi connectivity index (χ3v) is 0.368. The molecule has 0 aromatic carbocycles. The van der Waals surface area contributed by atoms with Crippen LogP contribution in [0.1, 0.15) is 6.92 Å². The smallest absolute Gasteiger partial charge is 0.328 e. The van der Waals surface area contributed by atoms with Crippen LogP contribution in [0.5, 0.6) is 0 Å². The number of carboxylic acid groups (broad SMARTS) is 2. The predicted molar refractivity (Wildman–Crippen MR) is 39.1 cm³/mol. The zero-order valence-corrected chi connectivity index (χ0v) is 6.15. The topological polar surface area (TPSA) is 101 Å². The normalized spacial score (nSPS) is 8.55. The Balaban J connectivity index is 0. The molecule has 0 atom stereocenters. The number of aliphatic carboxylic acids is 2. The van der Waals surface area contributed by atoms with Crippen LogP contribution in [0.2, 0.25) is 0 Å². The monoisotopic (exact) mass is 161 g/mol. The van der Waals surface area contributed by atoms with Gasteiger partial charge in [-0.05, 0) is 6.54 Å². The SMILES string of the molecule is CCN.O=C(O)/C=C/C(=O)O. The van der Waals surface area contributed by atoms with Crippen molar-refractivity contribution in [3.8, 4) is 0 Å². The summed E-state index contributed by atoms with van der Waals surface area (Å²) >= 11 is 0. The van der Waals surface area contributed by atoms with Gasteiger partial charge in [-0.1, -0.05) is 6.92 Å². The quantitative estimate of drug-likeness (QED) is 0.482. The van der Waals surface area contributed by atoms with Crippen molar-refractivity contribution in [2.75, 3.05) is 6.54 Å². The van der Waals surface area contributed by atoms with E-state index in [2.05, 4.69) is 0 Å². The first kappa shape index (κ1) is 12.3. The minimum Gasteiger partial charge on any atom is -0.478 e. The third kappa shape index (κ3) is 28.8. The molecule has 0 heterocycles. The molecule has 0 aliphatic heterocycles. The Labute approximate surface area is 64.1 Å². The van der Waals surface area contributed by atoms with Crippen molar-refractivity contribution in [3.63, 3.8) is 0 Å². The minimum atomic E-state index is -1.26. The van der Waals surface area contributed by atoms with Crippen molar-refractivity contribution < 1.29 is 19.8 Å². The van der Waals surface area contributed by atoms with Crippen LogP contribution in [0.4, 0.5) is 0 Å². The summed E-state index contributed by atoms with van der Waals surface area (Å²) in [7, 11) is 0. The van der Waals surface area contributed by atoms with Crippen LogP contribution in [0.3, 0.4) is 0 Å². The molecule has 64 valence electrons. The van der Waals surface area contributed by atoms with Gasteiger partial charge < -0.3 is 15.9 Å². The number of nitrogens with two attached hydrogens (primary N) is 1. The second-order valence-electron chi connectivity index (χ2n) is 1.42. The van der Waals surface area contributed by atoms with Crippen molar-refractivity contribution in [2.45, 2.75) is 6.92 Å². The summed E-state index contributed by atoms with van der Waals surface area (Å²) in [5, 5.41) is 15.6. The van der Waals surface area contributed by atoms with E-state index in [1.807, 2.05) is 6.92 Å². The van der Waals surface area contributed by atoms with E-state index in [1.54, 1.807) is 0 Å². The van der Waals surface area contributed by atoms with Gasteiger partial charge in [-0.15, -0.1) is 0 Å². The van der Waals surface area contributed by atoms with Crippen LogP contribution < -0.4 is 5.73 Å². The summed E-state index contributed by atoms with van der Waals surface area (Å²) in [5.74, 6) is -2.51. The number of carboxylic acids is 2. The maximum absolute atomic E-state index is 9.55. The molecular weight excluding hydrogens is 150 g/mol. The lowest BCUT2D eigenvalue weighted by Crippen LogP contribution is -1.91. The summed E-state index contributed by atoms with van der Waals surface area (Å²) in [4.78, 5) is 19.1. The maximum Gasteiger partial charge on any atom is 0.328 e. The Morgan fingerprint density at radius 2 is 1.45 bits per heavy atom. The fourth-order valence-electron chi connectivity index (χ4n) is 0.143. The Hall–Kier alpha value is -1.36. The lowest BCUT2D eigenvalue weighted by Gasteiger charge is -1.74. The zero-order chi connectivity index (χ0) is 9.28. The van der Waals surface area contributed by atoms with Crippen LogP contribution in [0, 0.1) is 0 Å². The molecule has 5 heteroatoms. The number of rotatable bonds is 2. The zero-order valence-electron chi connectivity index (χ0n) is 6.15. The Kier molecular flexibility index (Phi) is 9.68. The van der Waals surface area contributed by atoms with Crippen LogP contribution >= 0.6 is 0 Å². The molecule has 0 fully saturated rings. The third-order valence-electron chi connectivity index (χ3n) is 0.368. The van der Waals surface area contributed by atoms with E-state index in [1.165, 1.54) is 0 Å². The van der Waals surface area contributed by atoms with E-state index in [0.29, 0.717) is 12.2 Å². The first-order valence-corrected chi connectivity index (χ1v) is 2.88. The average molecular weight is 161 g/mol. The van der Waals surface area contributed by atoms with Gasteiger partial charge in [0.05, 0.1) is 0 Å². The lowest BCUT2D eigenvalue weighted by atomic mass is 10.5. The highest BCUT2D eigenvalue weighted by Crippen LogP contribution is 1.70. The highest BCUT2D eigenvalue weighted by atomic mass is 16.4. The molecule has 0 radical (unpaired) electrons. The van der Waals surface area contributed by atoms with E-state index < -0.39 is 11.9 Å². The van der Waals surface area contributed by atoms with Gasteiger partial charge in [0.1, 0.15) is 0 Å². The molecule has 0 aliphatic carbocycles. The summed E-state index contributed by atoms with van der Waals surface area (Å²) in [5.41, 5.74) is 4.85. The summed E-state index contributed by atoms with van der Waals surface area (Å²) in [6, 6.07) is 0. The second kappa shape index (κ2) is 8.64. The predicted octanol–water partition coefficient (Wildman–Crippen LogP) is -0.323. The van der Waals surface area contributed by atoms with Crippen LogP contribution in [0.25, 0.3) is 0 Å². The first-order chi connectivity index (χ1) is 5.04. The van der Waals surface area contributed by atoms with Crippen LogP contribution in [-0.4, -0.2) is 28.7 Å². The summed E-state index contributed by atoms with van der Waals surface area (Å²) in [6.45, 7) is 2.65. The Morgan fingerprint density at radius 3 is 1.55 bits per heavy atom. The largest absolute Gasteiger partial charge is 0.478 e. The van der Waals surface area contributed by atoms with E-state index >= 15 is 0 Å². The highest BCUT2D eigenvalue weighted by Gasteiger charge is 1.88. The molecule has 4 N–H and O–H groups in total. The maximum atomic E-state index is 9.55. The van der Waals surface area contributed by atoms with Crippen LogP contribution in [-0.2, 0) is 9.59 Å². The molecule has 0 rings (SSSR count). The van der Waals surface area contributed by atoms with Gasteiger partial charge in [-0.2, -0.15) is 0 Å².